The molecule has 33 heavy (non-hydrogen) atoms. The molecule has 14 nitrogen and oxygen atoms in total. The minimum Gasteiger partial charge on any atom is -0.479 e. The van der Waals surface area contributed by atoms with E-state index in [1.54, 1.807) is 0 Å². The number of rotatable bonds is 8. The molecule has 4 N–H and O–H groups in total. The van der Waals surface area contributed by atoms with Gasteiger partial charge in [-0.25, -0.2) is 14.6 Å². The second-order valence-electron chi connectivity index (χ2n) is 7.43. The second-order valence-corrected chi connectivity index (χ2v) is 9.90. The van der Waals surface area contributed by atoms with Crippen molar-refractivity contribution < 1.29 is 48.0 Å². The van der Waals surface area contributed by atoms with E-state index in [1.165, 1.54) is 5.38 Å². The predicted octanol–water partition coefficient (Wildman–Crippen LogP) is -1.62. The number of nitrogen functional groups attached to an aromatic ring is 1. The van der Waals surface area contributed by atoms with Crippen molar-refractivity contribution in [3.8, 4) is 0 Å². The average molecular weight is 500 g/mol. The van der Waals surface area contributed by atoms with Gasteiger partial charge in [-0.2, -0.15) is 0 Å². The van der Waals surface area contributed by atoms with Gasteiger partial charge in [0.1, 0.15) is 11.1 Å². The number of Topliss-reactive ketones (excluding diaryl/α,β-unsaturated/α-hetero) is 1. The molecule has 16 heteroatoms. The SMILES string of the molecule is Nc1nc(/C(=N/OCC(=O)O)C(=O)C[C@@H]2C(=O)N3[C@@H]2[S@](=O)C[C@@H]2CC(=O)O[C@@]23C(=O)O)cs1. The number of nitrogens with two attached hydrogens (primary N) is 1. The van der Waals surface area contributed by atoms with Crippen LogP contribution in [0, 0.1) is 11.8 Å². The van der Waals surface area contributed by atoms with Gasteiger partial charge in [0.15, 0.2) is 16.6 Å². The van der Waals surface area contributed by atoms with Crippen LogP contribution in [-0.2, 0) is 44.3 Å². The Balaban J connectivity index is 1.59. The Hall–Kier alpha value is -3.40. The molecule has 1 aromatic heterocycles. The number of carboxylic acid groups (broad SMARTS) is 2. The molecule has 3 saturated heterocycles. The monoisotopic (exact) mass is 500 g/mol. The van der Waals surface area contributed by atoms with Gasteiger partial charge < -0.3 is 25.5 Å². The van der Waals surface area contributed by atoms with E-state index >= 15 is 0 Å². The van der Waals surface area contributed by atoms with Crippen molar-refractivity contribution >= 4 is 62.6 Å². The zero-order chi connectivity index (χ0) is 24.1. The number of carbonyl (C=O) groups is 5. The number of esters is 1. The van der Waals surface area contributed by atoms with Crippen molar-refractivity contribution in [2.45, 2.75) is 23.9 Å². The van der Waals surface area contributed by atoms with Crippen LogP contribution in [0.2, 0.25) is 0 Å². The summed E-state index contributed by atoms with van der Waals surface area (Å²) >= 11 is 0.985. The lowest BCUT2D eigenvalue weighted by Gasteiger charge is -2.56. The highest BCUT2D eigenvalue weighted by molar-refractivity contribution is 7.85. The summed E-state index contributed by atoms with van der Waals surface area (Å²) in [5, 5.41) is 22.3. The molecule has 3 aliphatic heterocycles. The van der Waals surface area contributed by atoms with Gasteiger partial charge in [-0.3, -0.25) is 23.5 Å². The number of aliphatic carboxylic acids is 2. The molecule has 0 aliphatic carbocycles. The molecule has 3 aliphatic rings. The smallest absolute Gasteiger partial charge is 0.370 e. The van der Waals surface area contributed by atoms with Crippen molar-refractivity contribution in [2.24, 2.45) is 17.0 Å². The Morgan fingerprint density at radius 1 is 1.39 bits per heavy atom. The Morgan fingerprint density at radius 2 is 2.12 bits per heavy atom. The topological polar surface area (TPSA) is 216 Å². The highest BCUT2D eigenvalue weighted by Gasteiger charge is 2.72. The van der Waals surface area contributed by atoms with Crippen LogP contribution in [0.5, 0.6) is 0 Å². The Labute approximate surface area is 190 Å². The average Bonchev–Trinajstić information content (AvgIpc) is 3.30. The van der Waals surface area contributed by atoms with Crippen LogP contribution in [0.3, 0.4) is 0 Å². The fourth-order valence-corrected chi connectivity index (χ4v) is 6.68. The Bertz CT molecular complexity index is 1130. The van der Waals surface area contributed by atoms with Gasteiger partial charge in [0.2, 0.25) is 12.5 Å². The number of hydrogen-bond acceptors (Lipinski definition) is 12. The van der Waals surface area contributed by atoms with E-state index in [4.69, 9.17) is 15.6 Å². The van der Waals surface area contributed by atoms with Gasteiger partial charge in [-0.05, 0) is 0 Å². The largest absolute Gasteiger partial charge is 0.479 e. The lowest BCUT2D eigenvalue weighted by molar-refractivity contribution is -0.220. The highest BCUT2D eigenvalue weighted by Crippen LogP contribution is 2.50. The van der Waals surface area contributed by atoms with Crippen LogP contribution in [0.25, 0.3) is 0 Å². The second kappa shape index (κ2) is 8.18. The lowest BCUT2D eigenvalue weighted by Crippen LogP contribution is -2.78. The lowest BCUT2D eigenvalue weighted by atomic mass is 9.84. The van der Waals surface area contributed by atoms with E-state index in [9.17, 15) is 33.3 Å². The molecule has 3 fully saturated rings. The molecule has 4 heterocycles. The number of nitrogens with zero attached hydrogens (tertiary/aromatic N) is 3. The van der Waals surface area contributed by atoms with Crippen molar-refractivity contribution in [1.29, 1.82) is 0 Å². The predicted molar refractivity (Wildman–Crippen MR) is 108 cm³/mol. The summed E-state index contributed by atoms with van der Waals surface area (Å²) in [5.74, 6) is -7.65. The maximum atomic E-state index is 12.9. The minimum atomic E-state index is -2.25. The van der Waals surface area contributed by atoms with Crippen molar-refractivity contribution in [3.05, 3.63) is 11.1 Å². The molecule has 0 bridgehead atoms. The summed E-state index contributed by atoms with van der Waals surface area (Å²) in [4.78, 5) is 69.7. The molecular weight excluding hydrogens is 484 g/mol. The molecule has 176 valence electrons. The number of carboxylic acids is 2. The molecule has 0 unspecified atom stereocenters. The van der Waals surface area contributed by atoms with Crippen LogP contribution in [0.1, 0.15) is 18.5 Å². The van der Waals surface area contributed by atoms with Crippen molar-refractivity contribution in [3.63, 3.8) is 0 Å². The summed E-state index contributed by atoms with van der Waals surface area (Å²) in [6.07, 6.45) is -0.826. The number of carbonyl (C=O) groups excluding carboxylic acids is 3. The van der Waals surface area contributed by atoms with Gasteiger partial charge in [0, 0.05) is 28.4 Å². The highest BCUT2D eigenvalue weighted by atomic mass is 32.2. The molecule has 1 aromatic rings. The molecule has 5 atom stereocenters. The Kier molecular flexibility index (Phi) is 5.65. The molecule has 0 radical (unpaired) electrons. The van der Waals surface area contributed by atoms with E-state index in [0.717, 1.165) is 16.2 Å². The fourth-order valence-electron chi connectivity index (χ4n) is 4.12. The molecule has 4 rings (SSSR count). The number of anilines is 1. The first kappa shape index (κ1) is 22.8. The van der Waals surface area contributed by atoms with Crippen LogP contribution < -0.4 is 5.73 Å². The van der Waals surface area contributed by atoms with Crippen LogP contribution in [0.15, 0.2) is 10.5 Å². The number of fused-ring (bicyclic) bond motifs is 3. The van der Waals surface area contributed by atoms with Crippen LogP contribution in [0.4, 0.5) is 5.13 Å². The third-order valence-corrected chi connectivity index (χ3v) is 7.95. The number of β-lactam (4-membered cyclic amide) rings is 1. The van der Waals surface area contributed by atoms with Gasteiger partial charge in [-0.15, -0.1) is 11.3 Å². The van der Waals surface area contributed by atoms with Gasteiger partial charge in [-0.1, -0.05) is 5.16 Å². The van der Waals surface area contributed by atoms with E-state index in [1.807, 2.05) is 0 Å². The standard InChI is InChI=1S/C17H16N4O10S2/c18-16-19-8(4-32-16)12(20-30-3-10(23)24)9(22)2-7-13(26)21-14(7)33(29)5-6-1-11(25)31-17(6,21)15(27)28/h4,6-7,14H,1-3,5H2,(H2,18,19)(H,23,24)(H,27,28)/b20-12-/t6-,7+,14+,17+,33+/m0/s1. The van der Waals surface area contributed by atoms with Crippen LogP contribution in [-0.4, -0.2) is 83.1 Å². The molecule has 1 amide bonds. The van der Waals surface area contributed by atoms with E-state index < -0.39 is 82.1 Å². The third kappa shape index (κ3) is 3.64. The number of aromatic nitrogens is 1. The number of oxime groups is 1. The first-order valence-electron chi connectivity index (χ1n) is 9.38. The van der Waals surface area contributed by atoms with E-state index in [-0.39, 0.29) is 23.0 Å². The van der Waals surface area contributed by atoms with Gasteiger partial charge >= 0.3 is 17.9 Å². The summed E-state index contributed by atoms with van der Waals surface area (Å²) in [6.45, 7) is -0.840. The number of hydrogen-bond donors (Lipinski definition) is 3. The van der Waals surface area contributed by atoms with Gasteiger partial charge in [0.25, 0.3) is 5.72 Å². The van der Waals surface area contributed by atoms with Crippen molar-refractivity contribution in [1.82, 2.24) is 9.88 Å². The number of ketones is 1. The first-order chi connectivity index (χ1) is 15.6. The Morgan fingerprint density at radius 3 is 2.73 bits per heavy atom. The summed E-state index contributed by atoms with van der Waals surface area (Å²) in [6, 6.07) is 0. The number of amides is 1. The quantitative estimate of drug-likeness (QED) is 0.159. The fraction of sp³-hybridized carbons (Fsp3) is 0.471. The number of thiazole rings is 1. The summed E-state index contributed by atoms with van der Waals surface area (Å²) in [7, 11) is -1.75. The normalized spacial score (nSPS) is 30.7. The van der Waals surface area contributed by atoms with Gasteiger partial charge in [0.05, 0.1) is 18.3 Å². The van der Waals surface area contributed by atoms with E-state index in [0.29, 0.717) is 0 Å². The van der Waals surface area contributed by atoms with Crippen molar-refractivity contribution in [2.75, 3.05) is 18.1 Å². The maximum Gasteiger partial charge on any atom is 0.370 e. The molecular formula is C17H16N4O10S2. The minimum absolute atomic E-state index is 0.00641. The number of ether oxygens (including phenoxy) is 1. The zero-order valence-corrected chi connectivity index (χ0v) is 18.2. The van der Waals surface area contributed by atoms with Crippen LogP contribution >= 0.6 is 11.3 Å². The van der Waals surface area contributed by atoms with E-state index in [2.05, 4.69) is 15.0 Å². The molecule has 0 spiro atoms. The molecule has 0 saturated carbocycles. The third-order valence-electron chi connectivity index (χ3n) is 5.47. The zero-order valence-electron chi connectivity index (χ0n) is 16.5. The summed E-state index contributed by atoms with van der Waals surface area (Å²) < 4.78 is 17.8. The molecule has 0 aromatic carbocycles. The summed E-state index contributed by atoms with van der Waals surface area (Å²) in [5.41, 5.74) is 2.92. The first-order valence-corrected chi connectivity index (χ1v) is 11.6. The maximum absolute atomic E-state index is 12.9.